The number of nitrogens with zero attached hydrogens (tertiary/aromatic N) is 3. The zero-order valence-corrected chi connectivity index (χ0v) is 19.5. The summed E-state index contributed by atoms with van der Waals surface area (Å²) in [6.07, 6.45) is 7.53. The van der Waals surface area contributed by atoms with E-state index in [0.29, 0.717) is 11.6 Å². The molecule has 1 atom stereocenters. The van der Waals surface area contributed by atoms with Gasteiger partial charge in [-0.3, -0.25) is 9.48 Å². The highest BCUT2D eigenvalue weighted by atomic mass is 16.5. The van der Waals surface area contributed by atoms with Crippen LogP contribution in [-0.4, -0.2) is 39.9 Å². The van der Waals surface area contributed by atoms with Gasteiger partial charge >= 0.3 is 0 Å². The van der Waals surface area contributed by atoms with Gasteiger partial charge in [0.2, 0.25) is 0 Å². The summed E-state index contributed by atoms with van der Waals surface area (Å²) in [6.45, 7) is 3.60. The molecule has 0 saturated carbocycles. The molecule has 7 nitrogen and oxygen atoms in total. The average Bonchev–Trinajstić information content (AvgIpc) is 3.28. The first kappa shape index (κ1) is 22.1. The van der Waals surface area contributed by atoms with Crippen LogP contribution in [0.1, 0.15) is 45.9 Å². The molecule has 2 aromatic carbocycles. The molecule has 174 valence electrons. The zero-order valence-electron chi connectivity index (χ0n) is 19.5. The van der Waals surface area contributed by atoms with Crippen LogP contribution in [0, 0.1) is 6.92 Å². The van der Waals surface area contributed by atoms with Gasteiger partial charge in [0.25, 0.3) is 5.91 Å². The van der Waals surface area contributed by atoms with Crippen LogP contribution >= 0.6 is 0 Å². The van der Waals surface area contributed by atoms with Crippen molar-refractivity contribution in [3.05, 3.63) is 89.4 Å². The molecule has 0 aliphatic carbocycles. The van der Waals surface area contributed by atoms with E-state index in [9.17, 15) is 4.79 Å². The number of benzene rings is 2. The number of hydrogen-bond acceptors (Lipinski definition) is 5. The number of rotatable bonds is 6. The van der Waals surface area contributed by atoms with Crippen LogP contribution in [0.3, 0.4) is 0 Å². The summed E-state index contributed by atoms with van der Waals surface area (Å²) in [5, 5.41) is 13.0. The third kappa shape index (κ3) is 4.94. The molecule has 5 rings (SSSR count). The number of carbonyl (C=O) groups excluding carboxylic acids is 1. The fourth-order valence-electron chi connectivity index (χ4n) is 4.42. The molecule has 2 N–H and O–H groups in total. The molecule has 1 amide bonds. The molecular formula is C27H29N5O2. The van der Waals surface area contributed by atoms with Gasteiger partial charge in [-0.05, 0) is 48.9 Å². The monoisotopic (exact) mass is 455 g/mol. The Kier molecular flexibility index (Phi) is 6.27. The zero-order chi connectivity index (χ0) is 23.5. The van der Waals surface area contributed by atoms with Gasteiger partial charge in [-0.1, -0.05) is 35.9 Å². The van der Waals surface area contributed by atoms with E-state index in [4.69, 9.17) is 4.74 Å². The largest absolute Gasteiger partial charge is 0.381 e. The third-order valence-electron chi connectivity index (χ3n) is 6.27. The van der Waals surface area contributed by atoms with Gasteiger partial charge in [0.05, 0.1) is 12.2 Å². The van der Waals surface area contributed by atoms with E-state index in [1.165, 1.54) is 0 Å². The van der Waals surface area contributed by atoms with Crippen LogP contribution in [-0.2, 0) is 11.8 Å². The third-order valence-corrected chi connectivity index (χ3v) is 6.27. The minimum absolute atomic E-state index is 0.131. The lowest BCUT2D eigenvalue weighted by Crippen LogP contribution is -2.29. The highest BCUT2D eigenvalue weighted by Crippen LogP contribution is 2.25. The number of aromatic nitrogens is 3. The van der Waals surface area contributed by atoms with Gasteiger partial charge in [0.1, 0.15) is 5.82 Å². The quantitative estimate of drug-likeness (QED) is 0.451. The Balaban J connectivity index is 1.40. The molecule has 1 fully saturated rings. The molecule has 2 aromatic heterocycles. The van der Waals surface area contributed by atoms with Crippen molar-refractivity contribution >= 4 is 22.5 Å². The summed E-state index contributed by atoms with van der Waals surface area (Å²) < 4.78 is 7.19. The maximum absolute atomic E-state index is 13.4. The van der Waals surface area contributed by atoms with Gasteiger partial charge < -0.3 is 15.4 Å². The van der Waals surface area contributed by atoms with E-state index < -0.39 is 0 Å². The number of nitrogens with one attached hydrogen (secondary N) is 2. The van der Waals surface area contributed by atoms with Gasteiger partial charge in [-0.25, -0.2) is 4.98 Å². The highest BCUT2D eigenvalue weighted by molar-refractivity contribution is 5.99. The summed E-state index contributed by atoms with van der Waals surface area (Å²) in [6, 6.07) is 16.0. The van der Waals surface area contributed by atoms with Crippen LogP contribution in [0.5, 0.6) is 0 Å². The average molecular weight is 456 g/mol. The Morgan fingerprint density at radius 1 is 1.06 bits per heavy atom. The minimum Gasteiger partial charge on any atom is -0.381 e. The molecule has 1 saturated heterocycles. The Morgan fingerprint density at radius 3 is 2.68 bits per heavy atom. The predicted molar refractivity (Wildman–Crippen MR) is 133 cm³/mol. The molecule has 0 bridgehead atoms. The number of aryl methyl sites for hydroxylation is 2. The first-order valence-corrected chi connectivity index (χ1v) is 11.7. The van der Waals surface area contributed by atoms with Crippen LogP contribution in [0.2, 0.25) is 0 Å². The fourth-order valence-corrected chi connectivity index (χ4v) is 4.42. The molecular weight excluding hydrogens is 426 g/mol. The van der Waals surface area contributed by atoms with E-state index >= 15 is 0 Å². The van der Waals surface area contributed by atoms with Crippen LogP contribution in [0.15, 0.2) is 67.1 Å². The number of anilines is 1. The Hall–Kier alpha value is -3.71. The topological polar surface area (TPSA) is 81.1 Å². The van der Waals surface area contributed by atoms with E-state index in [-0.39, 0.29) is 11.9 Å². The van der Waals surface area contributed by atoms with E-state index in [2.05, 4.69) is 39.8 Å². The maximum atomic E-state index is 13.4. The lowest BCUT2D eigenvalue weighted by Gasteiger charge is -2.23. The highest BCUT2D eigenvalue weighted by Gasteiger charge is 2.20. The normalized spacial score (nSPS) is 15.2. The molecule has 3 heterocycles. The lowest BCUT2D eigenvalue weighted by atomic mass is 9.99. The SMILES string of the molecule is Cc1cccc([C@H](NC(=O)c2ccc3cnc(NC4CCOCC4)cc3c2)c2cnn(C)c2)c1. The van der Waals surface area contributed by atoms with Crippen molar-refractivity contribution < 1.29 is 9.53 Å². The van der Waals surface area contributed by atoms with Crippen molar-refractivity contribution in [2.75, 3.05) is 18.5 Å². The predicted octanol–water partition coefficient (Wildman–Crippen LogP) is 4.39. The van der Waals surface area contributed by atoms with Crippen LogP contribution in [0.4, 0.5) is 5.82 Å². The molecule has 1 aliphatic heterocycles. The standard InChI is InChI=1S/C27H29N5O2/c1-18-4-3-5-19(12-18)26(23-16-29-32(2)17-23)31-27(33)20-6-7-21-15-28-25(14-22(21)13-20)30-24-8-10-34-11-9-24/h3-7,12-17,24,26H,8-11H2,1-2H3,(H,28,30)(H,31,33)/t26-/m0/s1. The summed E-state index contributed by atoms with van der Waals surface area (Å²) in [5.74, 6) is 0.693. The summed E-state index contributed by atoms with van der Waals surface area (Å²) >= 11 is 0. The maximum Gasteiger partial charge on any atom is 0.252 e. The number of hydrogen-bond donors (Lipinski definition) is 2. The summed E-state index contributed by atoms with van der Waals surface area (Å²) in [4.78, 5) is 17.9. The molecule has 4 aromatic rings. The Morgan fingerprint density at radius 2 is 1.91 bits per heavy atom. The second-order valence-corrected chi connectivity index (χ2v) is 8.93. The first-order valence-electron chi connectivity index (χ1n) is 11.7. The molecule has 0 radical (unpaired) electrons. The van der Waals surface area contributed by atoms with Gasteiger partial charge in [0, 0.05) is 55.2 Å². The first-order chi connectivity index (χ1) is 16.5. The molecule has 7 heteroatoms. The molecule has 1 aliphatic rings. The van der Waals surface area contributed by atoms with Gasteiger partial charge in [-0.2, -0.15) is 5.10 Å². The Bertz CT molecular complexity index is 1310. The van der Waals surface area contributed by atoms with Crippen molar-refractivity contribution in [2.45, 2.75) is 31.8 Å². The van der Waals surface area contributed by atoms with E-state index in [0.717, 1.165) is 59.3 Å². The smallest absolute Gasteiger partial charge is 0.252 e. The Labute approximate surface area is 199 Å². The number of pyridine rings is 1. The van der Waals surface area contributed by atoms with Crippen molar-refractivity contribution in [1.82, 2.24) is 20.1 Å². The van der Waals surface area contributed by atoms with Crippen LogP contribution in [0.25, 0.3) is 10.8 Å². The molecule has 0 unspecified atom stereocenters. The minimum atomic E-state index is -0.292. The van der Waals surface area contributed by atoms with Gasteiger partial charge in [-0.15, -0.1) is 0 Å². The number of amides is 1. The second kappa shape index (κ2) is 9.65. The lowest BCUT2D eigenvalue weighted by molar-refractivity contribution is 0.0903. The van der Waals surface area contributed by atoms with Crippen LogP contribution < -0.4 is 10.6 Å². The summed E-state index contributed by atoms with van der Waals surface area (Å²) in [5.41, 5.74) is 3.71. The number of carbonyl (C=O) groups is 1. The van der Waals surface area contributed by atoms with Crippen molar-refractivity contribution in [2.24, 2.45) is 7.05 Å². The number of ether oxygens (including phenoxy) is 1. The fraction of sp³-hybridized carbons (Fsp3) is 0.296. The second-order valence-electron chi connectivity index (χ2n) is 8.93. The van der Waals surface area contributed by atoms with Gasteiger partial charge in [0.15, 0.2) is 0 Å². The number of fused-ring (bicyclic) bond motifs is 1. The van der Waals surface area contributed by atoms with Crippen molar-refractivity contribution in [3.63, 3.8) is 0 Å². The molecule has 0 spiro atoms. The van der Waals surface area contributed by atoms with E-state index in [1.54, 1.807) is 10.9 Å². The molecule has 34 heavy (non-hydrogen) atoms. The summed E-state index contributed by atoms with van der Waals surface area (Å²) in [7, 11) is 1.88. The van der Waals surface area contributed by atoms with Crippen molar-refractivity contribution in [3.8, 4) is 0 Å². The van der Waals surface area contributed by atoms with E-state index in [1.807, 2.05) is 55.8 Å². The van der Waals surface area contributed by atoms with Crippen molar-refractivity contribution in [1.29, 1.82) is 0 Å².